The fourth-order valence-corrected chi connectivity index (χ4v) is 3.42. The Morgan fingerprint density at radius 3 is 2.59 bits per heavy atom. The fraction of sp³-hybridized carbons (Fsp3) is 0.250. The zero-order chi connectivity index (χ0) is 24.2. The molecule has 0 saturated heterocycles. The molecule has 0 unspecified atom stereocenters. The fourth-order valence-electron chi connectivity index (χ4n) is 2.76. The number of hydrogen-bond donors (Lipinski definition) is 1. The minimum atomic E-state index is -0.411. The molecular weight excluding hydrogens is 458 g/mol. The minimum Gasteiger partial charge on any atom is -0.490 e. The molecule has 1 heterocycles. The highest BCUT2D eigenvalue weighted by atomic mass is 32.1. The maximum Gasteiger partial charge on any atom is 0.337 e. The largest absolute Gasteiger partial charge is 0.490 e. The molecule has 9 nitrogen and oxygen atoms in total. The Labute approximate surface area is 201 Å². The maximum absolute atomic E-state index is 11.6. The molecule has 0 fully saturated rings. The first-order valence-electron chi connectivity index (χ1n) is 10.5. The monoisotopic (exact) mass is 483 g/mol. The highest BCUT2D eigenvalue weighted by Crippen LogP contribution is 2.17. The normalized spacial score (nSPS) is 10.6. The van der Waals surface area contributed by atoms with Crippen molar-refractivity contribution in [3.63, 3.8) is 0 Å². The molecule has 0 radical (unpaired) electrons. The minimum absolute atomic E-state index is 0.141. The Morgan fingerprint density at radius 2 is 1.85 bits per heavy atom. The third kappa shape index (κ3) is 7.89. The Bertz CT molecular complexity index is 1110. The van der Waals surface area contributed by atoms with Crippen LogP contribution < -0.4 is 14.9 Å². The second-order valence-corrected chi connectivity index (χ2v) is 7.64. The van der Waals surface area contributed by atoms with Crippen molar-refractivity contribution in [2.45, 2.75) is 13.3 Å². The molecule has 0 aliphatic rings. The number of rotatable bonds is 12. The lowest BCUT2D eigenvalue weighted by atomic mass is 10.2. The van der Waals surface area contributed by atoms with Gasteiger partial charge in [0.15, 0.2) is 0 Å². The van der Waals surface area contributed by atoms with Gasteiger partial charge in [-0.2, -0.15) is 5.10 Å². The van der Waals surface area contributed by atoms with Gasteiger partial charge in [0, 0.05) is 5.38 Å². The maximum atomic E-state index is 11.6. The van der Waals surface area contributed by atoms with E-state index >= 15 is 0 Å². The molecule has 0 aliphatic carbocycles. The second kappa shape index (κ2) is 12.9. The summed E-state index contributed by atoms with van der Waals surface area (Å²) in [6, 6.07) is 14.2. The third-order valence-electron chi connectivity index (χ3n) is 4.31. The summed E-state index contributed by atoms with van der Waals surface area (Å²) in [6.45, 7) is 2.78. The predicted molar refractivity (Wildman–Crippen MR) is 129 cm³/mol. The quantitative estimate of drug-likeness (QED) is 0.179. The van der Waals surface area contributed by atoms with Gasteiger partial charge < -0.3 is 18.9 Å². The molecule has 34 heavy (non-hydrogen) atoms. The van der Waals surface area contributed by atoms with Crippen LogP contribution in [0, 0.1) is 0 Å². The number of thiazole rings is 1. The van der Waals surface area contributed by atoms with E-state index in [-0.39, 0.29) is 12.4 Å². The smallest absolute Gasteiger partial charge is 0.337 e. The van der Waals surface area contributed by atoms with Crippen molar-refractivity contribution < 1.29 is 28.5 Å². The van der Waals surface area contributed by atoms with Crippen LogP contribution in [0.1, 0.15) is 28.5 Å². The number of ether oxygens (including phenoxy) is 4. The van der Waals surface area contributed by atoms with Crippen molar-refractivity contribution in [3.8, 4) is 11.5 Å². The lowest BCUT2D eigenvalue weighted by molar-refractivity contribution is -0.142. The van der Waals surface area contributed by atoms with E-state index in [0.717, 1.165) is 5.56 Å². The van der Waals surface area contributed by atoms with Crippen LogP contribution >= 0.6 is 11.3 Å². The first-order valence-corrected chi connectivity index (χ1v) is 11.4. The van der Waals surface area contributed by atoms with Crippen LogP contribution in [0.15, 0.2) is 59.0 Å². The number of carbonyl (C=O) groups excluding carboxylic acids is 2. The van der Waals surface area contributed by atoms with Gasteiger partial charge in [-0.05, 0) is 55.0 Å². The topological polar surface area (TPSA) is 108 Å². The molecule has 0 spiro atoms. The van der Waals surface area contributed by atoms with Crippen LogP contribution in [0.25, 0.3) is 0 Å². The highest BCUT2D eigenvalue weighted by molar-refractivity contribution is 7.13. The summed E-state index contributed by atoms with van der Waals surface area (Å²) in [4.78, 5) is 27.4. The number of carbonyl (C=O) groups is 2. The molecular formula is C24H25N3O6S. The van der Waals surface area contributed by atoms with Crippen LogP contribution in [0.4, 0.5) is 5.13 Å². The molecule has 3 aromatic rings. The summed E-state index contributed by atoms with van der Waals surface area (Å²) < 4.78 is 20.9. The summed E-state index contributed by atoms with van der Waals surface area (Å²) in [7, 11) is 1.34. The average molecular weight is 484 g/mol. The number of hydrogen-bond acceptors (Lipinski definition) is 10. The number of nitrogens with zero attached hydrogens (tertiary/aromatic N) is 2. The molecule has 0 bridgehead atoms. The van der Waals surface area contributed by atoms with Crippen LogP contribution in [0.5, 0.6) is 11.5 Å². The lowest BCUT2D eigenvalue weighted by Crippen LogP contribution is -2.09. The molecule has 0 atom stereocenters. The van der Waals surface area contributed by atoms with E-state index in [1.165, 1.54) is 18.4 Å². The molecule has 2 aromatic carbocycles. The Balaban J connectivity index is 1.39. The van der Waals surface area contributed by atoms with E-state index in [1.807, 2.05) is 24.3 Å². The van der Waals surface area contributed by atoms with E-state index in [0.29, 0.717) is 47.7 Å². The third-order valence-corrected chi connectivity index (χ3v) is 5.11. The van der Waals surface area contributed by atoms with Gasteiger partial charge in [-0.25, -0.2) is 9.78 Å². The van der Waals surface area contributed by atoms with Gasteiger partial charge in [-0.1, -0.05) is 6.07 Å². The van der Waals surface area contributed by atoms with E-state index in [1.54, 1.807) is 42.8 Å². The van der Waals surface area contributed by atoms with Crippen molar-refractivity contribution in [1.82, 2.24) is 4.98 Å². The van der Waals surface area contributed by atoms with Crippen molar-refractivity contribution in [2.24, 2.45) is 5.10 Å². The molecule has 1 N–H and O–H groups in total. The van der Waals surface area contributed by atoms with E-state index < -0.39 is 5.97 Å². The van der Waals surface area contributed by atoms with Crippen molar-refractivity contribution >= 4 is 34.6 Å². The lowest BCUT2D eigenvalue weighted by Gasteiger charge is -2.09. The van der Waals surface area contributed by atoms with Crippen molar-refractivity contribution in [3.05, 3.63) is 70.7 Å². The molecule has 10 heteroatoms. The SMILES string of the molecule is CCOC(=O)Cc1csc(NN=Cc2ccc(OCCOc3cccc(C(=O)OC)c3)cc2)n1. The molecule has 1 aromatic heterocycles. The van der Waals surface area contributed by atoms with Gasteiger partial charge in [0.1, 0.15) is 24.7 Å². The molecule has 0 saturated carbocycles. The summed E-state index contributed by atoms with van der Waals surface area (Å²) in [5, 5.41) is 6.55. The molecule has 3 rings (SSSR count). The molecule has 0 aliphatic heterocycles. The predicted octanol–water partition coefficient (Wildman–Crippen LogP) is 3.94. The number of esters is 2. The zero-order valence-corrected chi connectivity index (χ0v) is 19.7. The van der Waals surface area contributed by atoms with Crippen LogP contribution in [-0.4, -0.2) is 50.1 Å². The Morgan fingerprint density at radius 1 is 1.09 bits per heavy atom. The zero-order valence-electron chi connectivity index (χ0n) is 18.9. The standard InChI is InChI=1S/C24H25N3O6S/c1-3-31-22(28)14-19-16-34-24(26-19)27-25-15-17-7-9-20(10-8-17)32-11-12-33-21-6-4-5-18(13-21)23(29)30-2/h4-10,13,15-16H,3,11-12,14H2,1-2H3,(H,26,27). The van der Waals surface area contributed by atoms with E-state index in [2.05, 4.69) is 15.5 Å². The molecule has 0 amide bonds. The van der Waals surface area contributed by atoms with Crippen molar-refractivity contribution in [2.75, 3.05) is 32.4 Å². The summed E-state index contributed by atoms with van der Waals surface area (Å²) in [5.41, 5.74) is 4.80. The summed E-state index contributed by atoms with van der Waals surface area (Å²) in [6.07, 6.45) is 1.80. The number of nitrogens with one attached hydrogen (secondary N) is 1. The Hall–Kier alpha value is -3.92. The van der Waals surface area contributed by atoms with E-state index in [4.69, 9.17) is 18.9 Å². The number of hydrazone groups is 1. The second-order valence-electron chi connectivity index (χ2n) is 6.78. The summed E-state index contributed by atoms with van der Waals surface area (Å²) in [5.74, 6) is 0.551. The van der Waals surface area contributed by atoms with Crippen LogP contribution in [0.2, 0.25) is 0 Å². The van der Waals surface area contributed by atoms with Crippen molar-refractivity contribution in [1.29, 1.82) is 0 Å². The Kier molecular flexibility index (Phi) is 9.41. The first-order chi connectivity index (χ1) is 16.6. The van der Waals surface area contributed by atoms with Gasteiger partial charge in [0.25, 0.3) is 0 Å². The van der Waals surface area contributed by atoms with E-state index in [9.17, 15) is 9.59 Å². The first kappa shape index (κ1) is 24.7. The van der Waals surface area contributed by atoms with Gasteiger partial charge >= 0.3 is 11.9 Å². The number of benzene rings is 2. The van der Waals surface area contributed by atoms with Gasteiger partial charge in [0.05, 0.1) is 37.6 Å². The van der Waals surface area contributed by atoms with Gasteiger partial charge in [0.2, 0.25) is 5.13 Å². The number of aromatic nitrogens is 1. The highest BCUT2D eigenvalue weighted by Gasteiger charge is 2.08. The number of anilines is 1. The summed E-state index contributed by atoms with van der Waals surface area (Å²) >= 11 is 1.36. The van der Waals surface area contributed by atoms with Gasteiger partial charge in [-0.15, -0.1) is 11.3 Å². The van der Waals surface area contributed by atoms with Gasteiger partial charge in [-0.3, -0.25) is 10.2 Å². The average Bonchev–Trinajstić information content (AvgIpc) is 3.29. The number of methoxy groups -OCH3 is 1. The molecule has 178 valence electrons. The van der Waals surface area contributed by atoms with Crippen LogP contribution in [-0.2, 0) is 20.7 Å². The van der Waals surface area contributed by atoms with Crippen LogP contribution in [0.3, 0.4) is 0 Å².